The maximum absolute atomic E-state index is 9.04. The van der Waals surface area contributed by atoms with Crippen LogP contribution >= 0.6 is 0 Å². The lowest BCUT2D eigenvalue weighted by Gasteiger charge is -2.47. The molecular formula is C8H14N2O. The van der Waals surface area contributed by atoms with E-state index in [9.17, 15) is 0 Å². The van der Waals surface area contributed by atoms with Crippen molar-refractivity contribution in [3.8, 4) is 0 Å². The molecule has 3 aliphatic heterocycles. The first-order chi connectivity index (χ1) is 5.31. The van der Waals surface area contributed by atoms with E-state index in [0.717, 1.165) is 19.6 Å². The second-order valence-electron chi connectivity index (χ2n) is 3.30. The largest absolute Gasteiger partial charge is 0.394 e. The number of allylic oxidation sites excluding steroid dienone is 1. The van der Waals surface area contributed by atoms with Crippen LogP contribution in [0.4, 0.5) is 0 Å². The molecule has 1 N–H and O–H groups in total. The van der Waals surface area contributed by atoms with Crippen LogP contribution in [-0.2, 0) is 0 Å². The summed E-state index contributed by atoms with van der Waals surface area (Å²) in [6, 6.07) is 0.341. The molecule has 0 spiro atoms. The first kappa shape index (κ1) is 6.98. The summed E-state index contributed by atoms with van der Waals surface area (Å²) < 4.78 is 0. The van der Waals surface area contributed by atoms with Crippen LogP contribution in [0.3, 0.4) is 0 Å². The fourth-order valence-electron chi connectivity index (χ4n) is 1.96. The molecular weight excluding hydrogens is 140 g/mol. The molecule has 1 fully saturated rings. The fraction of sp³-hybridized carbons (Fsp3) is 0.750. The Labute approximate surface area is 66.9 Å². The zero-order valence-corrected chi connectivity index (χ0v) is 6.82. The number of piperazine rings is 1. The molecule has 0 saturated carbocycles. The topological polar surface area (TPSA) is 26.7 Å². The summed E-state index contributed by atoms with van der Waals surface area (Å²) in [4.78, 5) is 4.58. The molecule has 0 amide bonds. The number of hydrogen-bond donors (Lipinski definition) is 1. The van der Waals surface area contributed by atoms with Crippen LogP contribution in [0.25, 0.3) is 0 Å². The van der Waals surface area contributed by atoms with Gasteiger partial charge in [0.05, 0.1) is 12.6 Å². The van der Waals surface area contributed by atoms with E-state index in [1.165, 1.54) is 5.70 Å². The predicted octanol–water partition coefficient (Wildman–Crippen LogP) is -0.160. The SMILES string of the molecule is CC1=CN2CCN1C(CO)C2. The molecule has 3 heterocycles. The van der Waals surface area contributed by atoms with Gasteiger partial charge in [0.2, 0.25) is 0 Å². The highest BCUT2D eigenvalue weighted by atomic mass is 16.3. The number of aliphatic hydroxyl groups excluding tert-OH is 1. The summed E-state index contributed by atoms with van der Waals surface area (Å²) in [6.07, 6.45) is 2.18. The summed E-state index contributed by atoms with van der Waals surface area (Å²) in [5.41, 5.74) is 1.29. The highest BCUT2D eigenvalue weighted by Crippen LogP contribution is 2.21. The number of rotatable bonds is 1. The van der Waals surface area contributed by atoms with Gasteiger partial charge in [0, 0.05) is 31.5 Å². The van der Waals surface area contributed by atoms with E-state index in [1.807, 2.05) is 0 Å². The lowest BCUT2D eigenvalue weighted by atomic mass is 10.1. The Bertz CT molecular complexity index is 191. The maximum Gasteiger partial charge on any atom is 0.0693 e. The Balaban J connectivity index is 2.19. The Morgan fingerprint density at radius 3 is 2.91 bits per heavy atom. The van der Waals surface area contributed by atoms with Gasteiger partial charge >= 0.3 is 0 Å². The van der Waals surface area contributed by atoms with Gasteiger partial charge in [-0.2, -0.15) is 0 Å². The predicted molar refractivity (Wildman–Crippen MR) is 42.9 cm³/mol. The summed E-state index contributed by atoms with van der Waals surface area (Å²) in [5.74, 6) is 0. The normalized spacial score (nSPS) is 29.3. The van der Waals surface area contributed by atoms with E-state index >= 15 is 0 Å². The van der Waals surface area contributed by atoms with E-state index in [4.69, 9.17) is 5.11 Å². The molecule has 3 heteroatoms. The van der Waals surface area contributed by atoms with Gasteiger partial charge in [-0.1, -0.05) is 0 Å². The monoisotopic (exact) mass is 154 g/mol. The van der Waals surface area contributed by atoms with Crippen molar-refractivity contribution < 1.29 is 5.11 Å². The Kier molecular flexibility index (Phi) is 1.53. The molecule has 3 nitrogen and oxygen atoms in total. The van der Waals surface area contributed by atoms with Crippen LogP contribution < -0.4 is 0 Å². The molecule has 11 heavy (non-hydrogen) atoms. The van der Waals surface area contributed by atoms with Crippen molar-refractivity contribution in [2.45, 2.75) is 13.0 Å². The van der Waals surface area contributed by atoms with E-state index < -0.39 is 0 Å². The van der Waals surface area contributed by atoms with Crippen LogP contribution in [0.5, 0.6) is 0 Å². The van der Waals surface area contributed by atoms with E-state index in [0.29, 0.717) is 6.04 Å². The van der Waals surface area contributed by atoms with Gasteiger partial charge in [0.25, 0.3) is 0 Å². The van der Waals surface area contributed by atoms with Crippen molar-refractivity contribution in [1.82, 2.24) is 9.80 Å². The zero-order chi connectivity index (χ0) is 7.84. The first-order valence-corrected chi connectivity index (χ1v) is 4.11. The quantitative estimate of drug-likeness (QED) is 0.568. The van der Waals surface area contributed by atoms with E-state index in [-0.39, 0.29) is 6.61 Å². The van der Waals surface area contributed by atoms with Gasteiger partial charge in [0.1, 0.15) is 0 Å². The molecule has 1 unspecified atom stereocenters. The highest BCUT2D eigenvalue weighted by molar-refractivity contribution is 5.09. The molecule has 3 rings (SSSR count). The van der Waals surface area contributed by atoms with Crippen molar-refractivity contribution in [1.29, 1.82) is 0 Å². The Morgan fingerprint density at radius 2 is 2.45 bits per heavy atom. The average Bonchev–Trinajstić information content (AvgIpc) is 2.04. The zero-order valence-electron chi connectivity index (χ0n) is 6.82. The third-order valence-electron chi connectivity index (χ3n) is 2.55. The van der Waals surface area contributed by atoms with Gasteiger partial charge < -0.3 is 14.9 Å². The minimum absolute atomic E-state index is 0.279. The van der Waals surface area contributed by atoms with Gasteiger partial charge in [-0.3, -0.25) is 0 Å². The van der Waals surface area contributed by atoms with Crippen LogP contribution in [0, 0.1) is 0 Å². The molecule has 0 aliphatic carbocycles. The smallest absolute Gasteiger partial charge is 0.0693 e. The van der Waals surface area contributed by atoms with Crippen molar-refractivity contribution in [3.05, 3.63) is 11.9 Å². The average molecular weight is 154 g/mol. The molecule has 3 aliphatic rings. The summed E-state index contributed by atoms with van der Waals surface area (Å²) in [7, 11) is 0. The van der Waals surface area contributed by atoms with Crippen molar-refractivity contribution in [3.63, 3.8) is 0 Å². The van der Waals surface area contributed by atoms with Gasteiger partial charge in [-0.05, 0) is 6.92 Å². The minimum atomic E-state index is 0.279. The van der Waals surface area contributed by atoms with Gasteiger partial charge in [0.15, 0.2) is 0 Å². The van der Waals surface area contributed by atoms with Crippen molar-refractivity contribution >= 4 is 0 Å². The second kappa shape index (κ2) is 2.41. The van der Waals surface area contributed by atoms with Crippen molar-refractivity contribution in [2.24, 2.45) is 0 Å². The second-order valence-corrected chi connectivity index (χ2v) is 3.30. The number of nitrogens with zero attached hydrogens (tertiary/aromatic N) is 2. The molecule has 0 radical (unpaired) electrons. The number of fused-ring (bicyclic) bond motifs is 2. The standard InChI is InChI=1S/C8H14N2O/c1-7-4-9-2-3-10(7)8(5-9)6-11/h4,8,11H,2-3,5-6H2,1H3. The third-order valence-corrected chi connectivity index (χ3v) is 2.55. The van der Waals surface area contributed by atoms with E-state index in [1.54, 1.807) is 0 Å². The van der Waals surface area contributed by atoms with Crippen LogP contribution in [0.15, 0.2) is 11.9 Å². The third kappa shape index (κ3) is 0.997. The van der Waals surface area contributed by atoms with Crippen molar-refractivity contribution in [2.75, 3.05) is 26.2 Å². The fourth-order valence-corrected chi connectivity index (χ4v) is 1.96. The Hall–Kier alpha value is -0.700. The lowest BCUT2D eigenvalue weighted by molar-refractivity contribution is 0.0608. The van der Waals surface area contributed by atoms with Gasteiger partial charge in [-0.25, -0.2) is 0 Å². The molecule has 2 bridgehead atoms. The van der Waals surface area contributed by atoms with Crippen LogP contribution in [-0.4, -0.2) is 47.2 Å². The maximum atomic E-state index is 9.04. The molecule has 0 aromatic rings. The lowest BCUT2D eigenvalue weighted by Crippen LogP contribution is -2.55. The summed E-state index contributed by atoms with van der Waals surface area (Å²) in [5, 5.41) is 9.04. The minimum Gasteiger partial charge on any atom is -0.394 e. The van der Waals surface area contributed by atoms with Crippen LogP contribution in [0.2, 0.25) is 0 Å². The number of aliphatic hydroxyl groups is 1. The summed E-state index contributed by atoms with van der Waals surface area (Å²) >= 11 is 0. The first-order valence-electron chi connectivity index (χ1n) is 4.11. The van der Waals surface area contributed by atoms with E-state index in [2.05, 4.69) is 22.9 Å². The molecule has 1 saturated heterocycles. The number of hydrogen-bond acceptors (Lipinski definition) is 3. The molecule has 0 aromatic heterocycles. The van der Waals surface area contributed by atoms with Gasteiger partial charge in [-0.15, -0.1) is 0 Å². The molecule has 0 aromatic carbocycles. The highest BCUT2D eigenvalue weighted by Gasteiger charge is 2.29. The molecule has 62 valence electrons. The van der Waals surface area contributed by atoms with Crippen LogP contribution in [0.1, 0.15) is 6.92 Å². The summed E-state index contributed by atoms with van der Waals surface area (Å²) in [6.45, 7) is 5.57. The molecule has 1 atom stereocenters. The Morgan fingerprint density at radius 1 is 1.64 bits per heavy atom.